The van der Waals surface area contributed by atoms with Crippen LogP contribution in [0.3, 0.4) is 0 Å². The molecular weight excluding hydrogens is 633 g/mol. The summed E-state index contributed by atoms with van der Waals surface area (Å²) in [5.74, 6) is 1.04. The zero-order chi connectivity index (χ0) is 34.4. The molecule has 0 saturated heterocycles. The predicted octanol–water partition coefficient (Wildman–Crippen LogP) is 12.4. The number of hydrogen-bond acceptors (Lipinski definition) is 1. The maximum absolute atomic E-state index is 6.98. The highest BCUT2D eigenvalue weighted by Crippen LogP contribution is 2.54. The number of hydrogen-bond donors (Lipinski definition) is 0. The second kappa shape index (κ2) is 11.0. The molecule has 3 nitrogen and oxygen atoms in total. The van der Waals surface area contributed by atoms with Crippen molar-refractivity contribution in [1.29, 1.82) is 0 Å². The topological polar surface area (TPSA) is 19.1 Å². The van der Waals surface area contributed by atoms with Gasteiger partial charge in [-0.05, 0) is 90.3 Å². The second-order valence-corrected chi connectivity index (χ2v) is 14.2. The Morgan fingerprint density at radius 3 is 1.79 bits per heavy atom. The molecule has 0 amide bonds. The van der Waals surface area contributed by atoms with Gasteiger partial charge in [0.05, 0.1) is 22.1 Å². The van der Waals surface area contributed by atoms with E-state index in [4.69, 9.17) is 4.74 Å². The first kappa shape index (κ1) is 29.2. The van der Waals surface area contributed by atoms with Crippen molar-refractivity contribution in [2.45, 2.75) is 18.4 Å². The van der Waals surface area contributed by atoms with Crippen LogP contribution < -0.4 is 4.74 Å². The maximum atomic E-state index is 6.98. The highest BCUT2D eigenvalue weighted by atomic mass is 16.5. The average Bonchev–Trinajstić information content (AvgIpc) is 3.82. The Morgan fingerprint density at radius 1 is 0.481 bits per heavy atom. The minimum atomic E-state index is -0.539. The molecule has 2 aromatic heterocycles. The van der Waals surface area contributed by atoms with Crippen molar-refractivity contribution in [2.24, 2.45) is 0 Å². The van der Waals surface area contributed by atoms with E-state index >= 15 is 0 Å². The third-order valence-electron chi connectivity index (χ3n) is 11.4. The summed E-state index contributed by atoms with van der Waals surface area (Å²) in [5, 5.41) is 5.04. The standard InChI is InChI=1S/C49H34N2O/c1-49-42(34-13-11-16-36(29-34)51-44-22-8-5-17-37(44)38-18-6-9-23-45(38)51)20-12-21-43(49)41-31-33(26-28-48(41)52-49)32-25-27-47-40(30-32)39-19-7-10-24-46(39)50(47)35-14-3-2-4-15-35/h2-31,43H,1H3. The van der Waals surface area contributed by atoms with Gasteiger partial charge < -0.3 is 13.9 Å². The molecule has 2 unspecified atom stereocenters. The molecular formula is C49H34N2O. The quantitative estimate of drug-likeness (QED) is 0.183. The minimum absolute atomic E-state index is 0.0862. The van der Waals surface area contributed by atoms with Crippen LogP contribution >= 0.6 is 0 Å². The summed E-state index contributed by atoms with van der Waals surface area (Å²) in [6.45, 7) is 2.25. The minimum Gasteiger partial charge on any atom is -0.482 e. The Morgan fingerprint density at radius 2 is 1.06 bits per heavy atom. The lowest BCUT2D eigenvalue weighted by atomic mass is 9.74. The Balaban J connectivity index is 0.982. The van der Waals surface area contributed by atoms with Gasteiger partial charge in [-0.25, -0.2) is 0 Å². The molecule has 0 N–H and O–H groups in total. The van der Waals surface area contributed by atoms with Crippen molar-refractivity contribution in [3.63, 3.8) is 0 Å². The molecule has 0 fully saturated rings. The van der Waals surface area contributed by atoms with E-state index in [0.29, 0.717) is 0 Å². The molecule has 0 spiro atoms. The Kier molecular flexibility index (Phi) is 6.15. The van der Waals surface area contributed by atoms with Gasteiger partial charge in [0.15, 0.2) is 0 Å². The molecule has 52 heavy (non-hydrogen) atoms. The normalized spacial score (nSPS) is 17.8. The molecule has 9 aromatic rings. The van der Waals surface area contributed by atoms with Gasteiger partial charge in [-0.1, -0.05) is 115 Å². The lowest BCUT2D eigenvalue weighted by molar-refractivity contribution is 0.166. The fourth-order valence-electron chi connectivity index (χ4n) is 8.99. The molecule has 0 radical (unpaired) electrons. The number of ether oxygens (including phenoxy) is 1. The van der Waals surface area contributed by atoms with E-state index in [1.165, 1.54) is 77.1 Å². The van der Waals surface area contributed by atoms with Crippen molar-refractivity contribution in [3.8, 4) is 28.3 Å². The van der Waals surface area contributed by atoms with E-state index < -0.39 is 5.60 Å². The number of aromatic nitrogens is 2. The second-order valence-electron chi connectivity index (χ2n) is 14.2. The summed E-state index contributed by atoms with van der Waals surface area (Å²) in [6.07, 6.45) is 6.77. The number of rotatable bonds is 4. The average molecular weight is 667 g/mol. The van der Waals surface area contributed by atoms with Crippen LogP contribution in [0.5, 0.6) is 5.75 Å². The summed E-state index contributed by atoms with van der Waals surface area (Å²) >= 11 is 0. The summed E-state index contributed by atoms with van der Waals surface area (Å²) in [4.78, 5) is 0. The van der Waals surface area contributed by atoms with Crippen LogP contribution in [-0.2, 0) is 0 Å². The Bertz CT molecular complexity index is 2910. The van der Waals surface area contributed by atoms with Crippen molar-refractivity contribution < 1.29 is 4.74 Å². The van der Waals surface area contributed by atoms with Crippen LogP contribution in [0.4, 0.5) is 0 Å². The van der Waals surface area contributed by atoms with E-state index in [2.05, 4.69) is 198 Å². The van der Waals surface area contributed by atoms with Crippen molar-refractivity contribution in [1.82, 2.24) is 9.13 Å². The lowest BCUT2D eigenvalue weighted by Crippen LogP contribution is -2.36. The molecule has 246 valence electrons. The van der Waals surface area contributed by atoms with Crippen LogP contribution in [0.15, 0.2) is 182 Å². The lowest BCUT2D eigenvalue weighted by Gasteiger charge is -2.34. The van der Waals surface area contributed by atoms with Gasteiger partial charge in [0.2, 0.25) is 0 Å². The van der Waals surface area contributed by atoms with Gasteiger partial charge in [0.1, 0.15) is 11.4 Å². The van der Waals surface area contributed by atoms with E-state index in [1.54, 1.807) is 0 Å². The van der Waals surface area contributed by atoms with E-state index in [-0.39, 0.29) is 5.92 Å². The van der Waals surface area contributed by atoms with Crippen LogP contribution in [-0.4, -0.2) is 14.7 Å². The first-order valence-corrected chi connectivity index (χ1v) is 18.1. The van der Waals surface area contributed by atoms with Crippen LogP contribution in [0.25, 0.3) is 71.7 Å². The highest BCUT2D eigenvalue weighted by Gasteiger charge is 2.47. The van der Waals surface area contributed by atoms with Gasteiger partial charge in [-0.3, -0.25) is 0 Å². The number of benzene rings is 7. The molecule has 2 aliphatic rings. The maximum Gasteiger partial charge on any atom is 0.142 e. The number of fused-ring (bicyclic) bond motifs is 9. The smallest absolute Gasteiger partial charge is 0.142 e. The number of para-hydroxylation sites is 4. The van der Waals surface area contributed by atoms with Crippen molar-refractivity contribution in [2.75, 3.05) is 0 Å². The molecule has 0 saturated carbocycles. The summed E-state index contributed by atoms with van der Waals surface area (Å²) in [7, 11) is 0. The Labute approximate surface area is 302 Å². The largest absolute Gasteiger partial charge is 0.482 e. The van der Waals surface area contributed by atoms with Crippen LogP contribution in [0, 0.1) is 0 Å². The van der Waals surface area contributed by atoms with Crippen molar-refractivity contribution >= 4 is 49.2 Å². The predicted molar refractivity (Wildman–Crippen MR) is 216 cm³/mol. The molecule has 1 aliphatic carbocycles. The third kappa shape index (κ3) is 4.14. The molecule has 11 rings (SSSR count). The highest BCUT2D eigenvalue weighted by molar-refractivity contribution is 6.11. The first-order chi connectivity index (χ1) is 25.7. The van der Waals surface area contributed by atoms with Gasteiger partial charge in [-0.2, -0.15) is 0 Å². The molecule has 3 heterocycles. The number of allylic oxidation sites excluding steroid dienone is 2. The monoisotopic (exact) mass is 666 g/mol. The van der Waals surface area contributed by atoms with E-state index in [9.17, 15) is 0 Å². The van der Waals surface area contributed by atoms with Crippen LogP contribution in [0.2, 0.25) is 0 Å². The molecule has 2 atom stereocenters. The SMILES string of the molecule is CC12Oc3ccc(-c4ccc5c(c4)c4ccccc4n5-c4ccccc4)cc3C1C=CC=C2c1cccc(-n2c3ccccc3c3ccccc32)c1. The van der Waals surface area contributed by atoms with Gasteiger partial charge in [0.25, 0.3) is 0 Å². The fraction of sp³-hybridized carbons (Fsp3) is 0.0612. The van der Waals surface area contributed by atoms with E-state index in [0.717, 1.165) is 11.4 Å². The van der Waals surface area contributed by atoms with E-state index in [1.807, 2.05) is 0 Å². The van der Waals surface area contributed by atoms with Gasteiger partial charge in [-0.15, -0.1) is 0 Å². The third-order valence-corrected chi connectivity index (χ3v) is 11.4. The van der Waals surface area contributed by atoms with Gasteiger partial charge >= 0.3 is 0 Å². The molecule has 3 heteroatoms. The first-order valence-electron chi connectivity index (χ1n) is 18.1. The summed E-state index contributed by atoms with van der Waals surface area (Å²) in [5.41, 5.74) is 12.6. The van der Waals surface area contributed by atoms with Crippen LogP contribution in [0.1, 0.15) is 24.0 Å². The number of nitrogens with zero attached hydrogens (tertiary/aromatic N) is 2. The Hall–Kier alpha value is -6.58. The van der Waals surface area contributed by atoms with Gasteiger partial charge in [0, 0.05) is 50.0 Å². The molecule has 0 bridgehead atoms. The molecule has 7 aromatic carbocycles. The zero-order valence-electron chi connectivity index (χ0n) is 28.7. The summed E-state index contributed by atoms with van der Waals surface area (Å²) in [6, 6.07) is 59.3. The fourth-order valence-corrected chi connectivity index (χ4v) is 8.99. The van der Waals surface area contributed by atoms with Crippen molar-refractivity contribution in [3.05, 3.63) is 193 Å². The zero-order valence-corrected chi connectivity index (χ0v) is 28.7. The summed E-state index contributed by atoms with van der Waals surface area (Å²) < 4.78 is 11.7. The molecule has 1 aliphatic heterocycles.